The summed E-state index contributed by atoms with van der Waals surface area (Å²) in [5.74, 6) is 0.651. The minimum atomic E-state index is -0.00492. The molecule has 0 saturated heterocycles. The highest BCUT2D eigenvalue weighted by molar-refractivity contribution is 7.18. The van der Waals surface area contributed by atoms with Gasteiger partial charge in [0.1, 0.15) is 10.7 Å². The van der Waals surface area contributed by atoms with Crippen LogP contribution in [-0.2, 0) is 12.8 Å². The number of H-pyrrole nitrogens is 2. The van der Waals surface area contributed by atoms with E-state index in [1.807, 2.05) is 30.5 Å². The second-order valence-electron chi connectivity index (χ2n) is 6.05. The number of rotatable bonds is 1. The molecule has 1 aliphatic rings. The normalized spacial score (nSPS) is 14.4. The third-order valence-electron chi connectivity index (χ3n) is 4.67. The van der Waals surface area contributed by atoms with Crippen LogP contribution in [0.15, 0.2) is 35.3 Å². The summed E-state index contributed by atoms with van der Waals surface area (Å²) in [5.41, 5.74) is 3.23. The Morgan fingerprint density at radius 3 is 2.96 bits per heavy atom. The zero-order chi connectivity index (χ0) is 15.4. The van der Waals surface area contributed by atoms with E-state index in [1.165, 1.54) is 23.3 Å². The van der Waals surface area contributed by atoms with Crippen LogP contribution in [0.5, 0.6) is 0 Å². The molecule has 0 saturated carbocycles. The molecule has 0 spiro atoms. The molecular formula is C18H15N3OS. The van der Waals surface area contributed by atoms with Gasteiger partial charge >= 0.3 is 0 Å². The number of aromatic nitrogens is 3. The van der Waals surface area contributed by atoms with Crippen molar-refractivity contribution < 1.29 is 0 Å². The number of benzene rings is 1. The molecule has 0 unspecified atom stereocenters. The van der Waals surface area contributed by atoms with Gasteiger partial charge in [-0.3, -0.25) is 4.79 Å². The van der Waals surface area contributed by atoms with Gasteiger partial charge in [-0.2, -0.15) is 0 Å². The van der Waals surface area contributed by atoms with Gasteiger partial charge in [0.15, 0.2) is 0 Å². The molecule has 1 aromatic carbocycles. The van der Waals surface area contributed by atoms with E-state index < -0.39 is 0 Å². The fourth-order valence-corrected chi connectivity index (χ4v) is 4.82. The van der Waals surface area contributed by atoms with Crippen molar-refractivity contribution in [2.75, 3.05) is 0 Å². The Morgan fingerprint density at radius 2 is 2.00 bits per heavy atom. The van der Waals surface area contributed by atoms with Crippen LogP contribution in [0.25, 0.3) is 32.5 Å². The van der Waals surface area contributed by atoms with Gasteiger partial charge in [-0.25, -0.2) is 4.98 Å². The Labute approximate surface area is 136 Å². The number of nitrogens with one attached hydrogen (secondary N) is 2. The van der Waals surface area contributed by atoms with Crippen LogP contribution >= 0.6 is 11.3 Å². The Kier molecular flexibility index (Phi) is 2.73. The lowest BCUT2D eigenvalue weighted by atomic mass is 9.97. The topological polar surface area (TPSA) is 61.5 Å². The number of hydrogen-bond acceptors (Lipinski definition) is 3. The predicted molar refractivity (Wildman–Crippen MR) is 94.2 cm³/mol. The van der Waals surface area contributed by atoms with E-state index in [4.69, 9.17) is 4.98 Å². The molecule has 23 heavy (non-hydrogen) atoms. The van der Waals surface area contributed by atoms with E-state index >= 15 is 0 Å². The molecule has 3 heterocycles. The first-order chi connectivity index (χ1) is 11.3. The Morgan fingerprint density at radius 1 is 1.13 bits per heavy atom. The number of fused-ring (bicyclic) bond motifs is 4. The molecule has 5 heteroatoms. The van der Waals surface area contributed by atoms with Gasteiger partial charge in [-0.05, 0) is 37.3 Å². The number of aromatic amines is 2. The second kappa shape index (κ2) is 4.80. The number of nitrogens with zero attached hydrogens (tertiary/aromatic N) is 1. The van der Waals surface area contributed by atoms with Crippen LogP contribution < -0.4 is 5.56 Å². The number of para-hydroxylation sites is 1. The van der Waals surface area contributed by atoms with Gasteiger partial charge in [0.25, 0.3) is 5.56 Å². The molecule has 0 radical (unpaired) electrons. The van der Waals surface area contributed by atoms with Crippen LogP contribution in [0.1, 0.15) is 23.3 Å². The number of hydrogen-bond donors (Lipinski definition) is 2. The van der Waals surface area contributed by atoms with Crippen molar-refractivity contribution in [1.82, 2.24) is 15.0 Å². The molecule has 4 nitrogen and oxygen atoms in total. The molecule has 3 aromatic heterocycles. The maximum atomic E-state index is 12.7. The van der Waals surface area contributed by atoms with Crippen LogP contribution in [-0.4, -0.2) is 15.0 Å². The van der Waals surface area contributed by atoms with Crippen molar-refractivity contribution in [3.05, 3.63) is 51.3 Å². The van der Waals surface area contributed by atoms with Crippen molar-refractivity contribution in [3.63, 3.8) is 0 Å². The molecular weight excluding hydrogens is 306 g/mol. The van der Waals surface area contributed by atoms with Crippen molar-refractivity contribution in [2.24, 2.45) is 0 Å². The summed E-state index contributed by atoms with van der Waals surface area (Å²) < 4.78 is 0. The lowest BCUT2D eigenvalue weighted by Gasteiger charge is -2.09. The fourth-order valence-electron chi connectivity index (χ4n) is 3.56. The maximum absolute atomic E-state index is 12.7. The molecule has 0 atom stereocenters. The van der Waals surface area contributed by atoms with Crippen LogP contribution in [0, 0.1) is 0 Å². The Balaban J connectivity index is 1.79. The van der Waals surface area contributed by atoms with Gasteiger partial charge in [0, 0.05) is 27.5 Å². The highest BCUT2D eigenvalue weighted by atomic mass is 32.1. The van der Waals surface area contributed by atoms with Crippen molar-refractivity contribution in [3.8, 4) is 11.4 Å². The Bertz CT molecular complexity index is 1100. The highest BCUT2D eigenvalue weighted by Gasteiger charge is 2.20. The highest BCUT2D eigenvalue weighted by Crippen LogP contribution is 2.35. The quantitative estimate of drug-likeness (QED) is 0.556. The van der Waals surface area contributed by atoms with Crippen LogP contribution in [0.4, 0.5) is 0 Å². The lowest BCUT2D eigenvalue weighted by Crippen LogP contribution is -2.11. The third kappa shape index (κ3) is 1.90. The fraction of sp³-hybridized carbons (Fsp3) is 0.222. The van der Waals surface area contributed by atoms with E-state index in [2.05, 4.69) is 9.97 Å². The zero-order valence-corrected chi connectivity index (χ0v) is 13.3. The minimum absolute atomic E-state index is 0.00492. The average Bonchev–Trinajstić information content (AvgIpc) is 3.16. The summed E-state index contributed by atoms with van der Waals surface area (Å²) >= 11 is 1.69. The average molecular weight is 321 g/mol. The summed E-state index contributed by atoms with van der Waals surface area (Å²) in [6, 6.07) is 8.07. The van der Waals surface area contributed by atoms with Crippen molar-refractivity contribution in [2.45, 2.75) is 25.7 Å². The van der Waals surface area contributed by atoms with Gasteiger partial charge in [0.2, 0.25) is 0 Å². The lowest BCUT2D eigenvalue weighted by molar-refractivity contribution is 0.700. The van der Waals surface area contributed by atoms with Gasteiger partial charge in [-0.15, -0.1) is 11.3 Å². The van der Waals surface area contributed by atoms with E-state index in [1.54, 1.807) is 11.3 Å². The SMILES string of the molecule is O=c1[nH]c(-c2c[nH]c3ccccc23)nc2sc3c(c12)CCCC3. The smallest absolute Gasteiger partial charge is 0.260 e. The molecule has 0 fully saturated rings. The Hall–Kier alpha value is -2.40. The first kappa shape index (κ1) is 13.1. The largest absolute Gasteiger partial charge is 0.360 e. The van der Waals surface area contributed by atoms with E-state index in [9.17, 15) is 4.79 Å². The molecule has 114 valence electrons. The molecule has 0 bridgehead atoms. The zero-order valence-electron chi connectivity index (χ0n) is 12.5. The molecule has 0 amide bonds. The minimum Gasteiger partial charge on any atom is -0.360 e. The summed E-state index contributed by atoms with van der Waals surface area (Å²) in [5, 5.41) is 1.89. The van der Waals surface area contributed by atoms with Crippen molar-refractivity contribution >= 4 is 32.5 Å². The summed E-state index contributed by atoms with van der Waals surface area (Å²) in [6.45, 7) is 0. The molecule has 0 aliphatic heterocycles. The van der Waals surface area contributed by atoms with E-state index in [0.29, 0.717) is 5.82 Å². The first-order valence-corrected chi connectivity index (χ1v) is 8.74. The van der Waals surface area contributed by atoms with Crippen LogP contribution in [0.2, 0.25) is 0 Å². The first-order valence-electron chi connectivity index (χ1n) is 7.92. The maximum Gasteiger partial charge on any atom is 0.260 e. The summed E-state index contributed by atoms with van der Waals surface area (Å²) in [7, 11) is 0. The molecule has 2 N–H and O–H groups in total. The molecule has 1 aliphatic carbocycles. The summed E-state index contributed by atoms with van der Waals surface area (Å²) in [6.07, 6.45) is 6.39. The monoisotopic (exact) mass is 321 g/mol. The van der Waals surface area contributed by atoms with E-state index in [-0.39, 0.29) is 5.56 Å². The molecule has 5 rings (SSSR count). The van der Waals surface area contributed by atoms with E-state index in [0.717, 1.165) is 39.5 Å². The molecule has 4 aromatic rings. The number of thiophene rings is 1. The van der Waals surface area contributed by atoms with Gasteiger partial charge in [0.05, 0.1) is 5.39 Å². The second-order valence-corrected chi connectivity index (χ2v) is 7.14. The predicted octanol–water partition coefficient (Wildman–Crippen LogP) is 4.01. The van der Waals surface area contributed by atoms with Crippen LogP contribution in [0.3, 0.4) is 0 Å². The standard InChI is InChI=1S/C18H15N3OS/c22-17-15-11-6-2-4-8-14(11)23-18(15)21-16(20-17)12-9-19-13-7-3-1-5-10(12)13/h1,3,5,7,9,19H,2,4,6,8H2,(H,20,21,22). The van der Waals surface area contributed by atoms with Gasteiger partial charge < -0.3 is 9.97 Å². The third-order valence-corrected chi connectivity index (χ3v) is 5.86. The van der Waals surface area contributed by atoms with Gasteiger partial charge in [-0.1, -0.05) is 18.2 Å². The van der Waals surface area contributed by atoms with Crippen molar-refractivity contribution in [1.29, 1.82) is 0 Å². The number of aryl methyl sites for hydroxylation is 2. The summed E-state index contributed by atoms with van der Waals surface area (Å²) in [4.78, 5) is 25.9.